The molecule has 1 aliphatic heterocycles. The van der Waals surface area contributed by atoms with Crippen molar-refractivity contribution >= 4 is 6.09 Å². The summed E-state index contributed by atoms with van der Waals surface area (Å²) in [5.41, 5.74) is -1.04. The van der Waals surface area contributed by atoms with Crippen LogP contribution in [-0.2, 0) is 10.3 Å². The maximum Gasteiger partial charge on any atom is 0.410 e. The topological polar surface area (TPSA) is 70.0 Å². The fourth-order valence-corrected chi connectivity index (χ4v) is 2.02. The number of benzene rings is 1. The van der Waals surface area contributed by atoms with Crippen molar-refractivity contribution in [2.24, 2.45) is 0 Å². The van der Waals surface area contributed by atoms with Crippen molar-refractivity contribution in [1.29, 1.82) is 0 Å². The Bertz CT molecular complexity index is 486. The molecule has 19 heavy (non-hydrogen) atoms. The molecule has 5 nitrogen and oxygen atoms in total. The number of amides is 1. The van der Waals surface area contributed by atoms with Crippen molar-refractivity contribution in [2.45, 2.75) is 32.0 Å². The summed E-state index contributed by atoms with van der Waals surface area (Å²) < 4.78 is 5.22. The second-order valence-electron chi connectivity index (χ2n) is 5.92. The quantitative estimate of drug-likeness (QED) is 0.812. The average molecular weight is 265 g/mol. The van der Waals surface area contributed by atoms with E-state index in [4.69, 9.17) is 4.74 Å². The summed E-state index contributed by atoms with van der Waals surface area (Å²) in [6, 6.07) is 6.44. The number of hydrogen-bond acceptors (Lipinski definition) is 4. The van der Waals surface area contributed by atoms with Crippen LogP contribution >= 0.6 is 0 Å². The van der Waals surface area contributed by atoms with Crippen LogP contribution in [-0.4, -0.2) is 39.9 Å². The summed E-state index contributed by atoms with van der Waals surface area (Å²) >= 11 is 0. The van der Waals surface area contributed by atoms with Gasteiger partial charge in [0.25, 0.3) is 0 Å². The van der Waals surface area contributed by atoms with Gasteiger partial charge in [-0.15, -0.1) is 0 Å². The number of rotatable bonds is 1. The first-order chi connectivity index (χ1) is 8.70. The number of aliphatic hydroxyl groups is 1. The molecular weight excluding hydrogens is 246 g/mol. The fourth-order valence-electron chi connectivity index (χ4n) is 2.02. The number of carbonyl (C=O) groups is 1. The highest BCUT2D eigenvalue weighted by Gasteiger charge is 2.46. The maximum absolute atomic E-state index is 11.8. The first kappa shape index (κ1) is 13.7. The molecule has 1 aromatic carbocycles. The lowest BCUT2D eigenvalue weighted by molar-refractivity contribution is -0.103. The first-order valence-electron chi connectivity index (χ1n) is 6.19. The Labute approximate surface area is 112 Å². The van der Waals surface area contributed by atoms with E-state index in [1.807, 2.05) is 0 Å². The predicted molar refractivity (Wildman–Crippen MR) is 69.8 cm³/mol. The van der Waals surface area contributed by atoms with E-state index in [1.54, 1.807) is 32.9 Å². The number of nitrogens with zero attached hydrogens (tertiary/aromatic N) is 1. The second kappa shape index (κ2) is 4.42. The fraction of sp³-hybridized carbons (Fsp3) is 0.500. The van der Waals surface area contributed by atoms with Gasteiger partial charge in [-0.1, -0.05) is 12.1 Å². The first-order valence-corrected chi connectivity index (χ1v) is 6.19. The zero-order chi connectivity index (χ0) is 14.3. The molecule has 2 rings (SSSR count). The lowest BCUT2D eigenvalue weighted by Crippen LogP contribution is -2.61. The van der Waals surface area contributed by atoms with Gasteiger partial charge in [0.15, 0.2) is 0 Å². The molecule has 0 atom stereocenters. The van der Waals surface area contributed by atoms with Crippen LogP contribution in [0.1, 0.15) is 26.3 Å². The number of phenols is 1. The van der Waals surface area contributed by atoms with Crippen LogP contribution in [0.2, 0.25) is 0 Å². The van der Waals surface area contributed by atoms with Gasteiger partial charge in [0.05, 0.1) is 13.1 Å². The van der Waals surface area contributed by atoms with E-state index < -0.39 is 17.3 Å². The third-order valence-corrected chi connectivity index (χ3v) is 2.94. The van der Waals surface area contributed by atoms with E-state index in [0.717, 1.165) is 0 Å². The number of aromatic hydroxyl groups is 1. The van der Waals surface area contributed by atoms with Crippen LogP contribution in [0.5, 0.6) is 5.75 Å². The van der Waals surface area contributed by atoms with Gasteiger partial charge in [0.1, 0.15) is 17.0 Å². The largest absolute Gasteiger partial charge is 0.508 e. The number of likely N-dealkylation sites (tertiary alicyclic amines) is 1. The number of hydrogen-bond donors (Lipinski definition) is 2. The number of phenolic OH excluding ortho intramolecular Hbond substituents is 1. The van der Waals surface area contributed by atoms with Crippen molar-refractivity contribution < 1.29 is 19.7 Å². The van der Waals surface area contributed by atoms with Crippen molar-refractivity contribution in [3.8, 4) is 5.75 Å². The van der Waals surface area contributed by atoms with Crippen molar-refractivity contribution in [2.75, 3.05) is 13.1 Å². The number of carbonyl (C=O) groups excluding carboxylic acids is 1. The standard InChI is InChI=1S/C14H19NO4/c1-13(2,3)19-12(17)15-8-14(18,9-15)10-5-4-6-11(16)7-10/h4-7,16,18H,8-9H2,1-3H3. The summed E-state index contributed by atoms with van der Waals surface area (Å²) in [7, 11) is 0. The lowest BCUT2D eigenvalue weighted by atomic mass is 9.86. The van der Waals surface area contributed by atoms with Crippen molar-refractivity contribution in [3.05, 3.63) is 29.8 Å². The molecule has 5 heteroatoms. The monoisotopic (exact) mass is 265 g/mol. The van der Waals surface area contributed by atoms with Gasteiger partial charge in [-0.3, -0.25) is 0 Å². The van der Waals surface area contributed by atoms with E-state index in [0.29, 0.717) is 5.56 Å². The van der Waals surface area contributed by atoms with Gasteiger partial charge in [0.2, 0.25) is 0 Å². The maximum atomic E-state index is 11.8. The zero-order valence-electron chi connectivity index (χ0n) is 11.4. The van der Waals surface area contributed by atoms with Crippen LogP contribution in [0.15, 0.2) is 24.3 Å². The smallest absolute Gasteiger partial charge is 0.410 e. The highest BCUT2D eigenvalue weighted by molar-refractivity contribution is 5.70. The van der Waals surface area contributed by atoms with Gasteiger partial charge >= 0.3 is 6.09 Å². The summed E-state index contributed by atoms with van der Waals surface area (Å²) in [5.74, 6) is 0.0987. The molecule has 1 amide bonds. The molecule has 1 aromatic rings. The lowest BCUT2D eigenvalue weighted by Gasteiger charge is -2.46. The minimum absolute atomic E-state index is 0.0987. The van der Waals surface area contributed by atoms with Crippen LogP contribution < -0.4 is 0 Å². The summed E-state index contributed by atoms with van der Waals surface area (Å²) in [4.78, 5) is 13.2. The molecule has 0 bridgehead atoms. The minimum atomic E-state index is -1.10. The molecule has 0 unspecified atom stereocenters. The zero-order valence-corrected chi connectivity index (χ0v) is 11.4. The molecular formula is C14H19NO4. The Morgan fingerprint density at radius 3 is 2.53 bits per heavy atom. The Balaban J connectivity index is 2.00. The number of β-amino-alcohol motifs (C(OH)–C–C–N with tert-alkyl or cyclic N) is 1. The molecule has 104 valence electrons. The third-order valence-electron chi connectivity index (χ3n) is 2.94. The predicted octanol–water partition coefficient (Wildman–Crippen LogP) is 1.83. The van der Waals surface area contributed by atoms with E-state index in [9.17, 15) is 15.0 Å². The molecule has 2 N–H and O–H groups in total. The Hall–Kier alpha value is -1.75. The van der Waals surface area contributed by atoms with Gasteiger partial charge in [0, 0.05) is 0 Å². The second-order valence-corrected chi connectivity index (χ2v) is 5.92. The SMILES string of the molecule is CC(C)(C)OC(=O)N1CC(O)(c2cccc(O)c2)C1. The van der Waals surface area contributed by atoms with Gasteiger partial charge in [-0.25, -0.2) is 4.79 Å². The van der Waals surface area contributed by atoms with Gasteiger partial charge in [-0.05, 0) is 38.5 Å². The molecule has 1 fully saturated rings. The Morgan fingerprint density at radius 2 is 2.00 bits per heavy atom. The molecule has 0 spiro atoms. The third kappa shape index (κ3) is 2.98. The van der Waals surface area contributed by atoms with Gasteiger partial charge < -0.3 is 19.8 Å². The van der Waals surface area contributed by atoms with Crippen LogP contribution in [0.3, 0.4) is 0 Å². The summed E-state index contributed by atoms with van der Waals surface area (Å²) in [6.45, 7) is 5.74. The molecule has 0 radical (unpaired) electrons. The molecule has 0 saturated carbocycles. The van der Waals surface area contributed by atoms with Gasteiger partial charge in [-0.2, -0.15) is 0 Å². The molecule has 1 heterocycles. The average Bonchev–Trinajstić information content (AvgIpc) is 2.22. The summed E-state index contributed by atoms with van der Waals surface area (Å²) in [5, 5.41) is 19.8. The normalized spacial score (nSPS) is 17.8. The van der Waals surface area contributed by atoms with Crippen LogP contribution in [0.4, 0.5) is 4.79 Å². The van der Waals surface area contributed by atoms with E-state index in [-0.39, 0.29) is 18.8 Å². The van der Waals surface area contributed by atoms with Crippen molar-refractivity contribution in [3.63, 3.8) is 0 Å². The number of ether oxygens (including phenoxy) is 1. The minimum Gasteiger partial charge on any atom is -0.508 e. The Kier molecular flexibility index (Phi) is 3.18. The van der Waals surface area contributed by atoms with E-state index >= 15 is 0 Å². The van der Waals surface area contributed by atoms with Crippen LogP contribution in [0, 0.1) is 0 Å². The highest BCUT2D eigenvalue weighted by atomic mass is 16.6. The molecule has 0 aliphatic carbocycles. The van der Waals surface area contributed by atoms with Crippen LogP contribution in [0.25, 0.3) is 0 Å². The molecule has 1 saturated heterocycles. The van der Waals surface area contributed by atoms with E-state index in [2.05, 4.69) is 0 Å². The van der Waals surface area contributed by atoms with E-state index in [1.165, 1.54) is 17.0 Å². The molecule has 0 aromatic heterocycles. The Morgan fingerprint density at radius 1 is 1.37 bits per heavy atom. The summed E-state index contributed by atoms with van der Waals surface area (Å²) in [6.07, 6.45) is -0.433. The van der Waals surface area contributed by atoms with Crippen molar-refractivity contribution in [1.82, 2.24) is 4.90 Å². The highest BCUT2D eigenvalue weighted by Crippen LogP contribution is 2.34. The molecule has 1 aliphatic rings.